The Labute approximate surface area is 173 Å². The van der Waals surface area contributed by atoms with E-state index >= 15 is 0 Å². The van der Waals surface area contributed by atoms with E-state index in [1.807, 2.05) is 6.92 Å². The van der Waals surface area contributed by atoms with Crippen LogP contribution in [0.15, 0.2) is 35.2 Å². The van der Waals surface area contributed by atoms with Gasteiger partial charge in [0.15, 0.2) is 5.78 Å². The Morgan fingerprint density at radius 3 is 2.59 bits per heavy atom. The molecular weight excluding hydrogens is 395 g/mol. The number of aromatic hydroxyl groups is 1. The number of carboxylic acid groups (broad SMARTS) is 1. The van der Waals surface area contributed by atoms with Gasteiger partial charge in [-0.1, -0.05) is 19.4 Å². The van der Waals surface area contributed by atoms with Crippen LogP contribution in [-0.4, -0.2) is 34.3 Å². The number of hydrogen-bond donors (Lipinski definition) is 2. The molecule has 7 heteroatoms. The van der Waals surface area contributed by atoms with Gasteiger partial charge in [0, 0.05) is 16.2 Å². The van der Waals surface area contributed by atoms with E-state index in [0.29, 0.717) is 42.1 Å². The van der Waals surface area contributed by atoms with Crippen molar-refractivity contribution in [3.05, 3.63) is 52.8 Å². The third-order valence-electron chi connectivity index (χ3n) is 4.30. The molecule has 2 aromatic rings. The molecule has 0 saturated heterocycles. The van der Waals surface area contributed by atoms with Gasteiger partial charge in [-0.05, 0) is 49.6 Å². The fourth-order valence-electron chi connectivity index (χ4n) is 2.88. The van der Waals surface area contributed by atoms with Crippen LogP contribution in [0.4, 0.5) is 4.39 Å². The summed E-state index contributed by atoms with van der Waals surface area (Å²) in [5, 5.41) is 19.1. The minimum Gasteiger partial charge on any atom is -0.507 e. The van der Waals surface area contributed by atoms with Gasteiger partial charge in [-0.2, -0.15) is 0 Å². The highest BCUT2D eigenvalue weighted by atomic mass is 32.2. The highest BCUT2D eigenvalue weighted by Crippen LogP contribution is 2.33. The number of carbonyl (C=O) groups excluding carboxylic acids is 1. The van der Waals surface area contributed by atoms with Crippen molar-refractivity contribution in [2.75, 3.05) is 12.4 Å². The molecule has 0 saturated carbocycles. The summed E-state index contributed by atoms with van der Waals surface area (Å²) >= 11 is 1.46. The predicted octanol–water partition coefficient (Wildman–Crippen LogP) is 4.87. The van der Waals surface area contributed by atoms with Crippen molar-refractivity contribution in [2.24, 2.45) is 0 Å². The van der Waals surface area contributed by atoms with Gasteiger partial charge in [-0.15, -0.1) is 11.8 Å². The molecule has 0 radical (unpaired) electrons. The maximum atomic E-state index is 13.9. The lowest BCUT2D eigenvalue weighted by Gasteiger charge is -2.14. The predicted molar refractivity (Wildman–Crippen MR) is 111 cm³/mol. The molecule has 0 unspecified atom stereocenters. The summed E-state index contributed by atoms with van der Waals surface area (Å²) in [6, 6.07) is 7.85. The summed E-state index contributed by atoms with van der Waals surface area (Å²) in [6.45, 7) is 3.82. The molecule has 0 aliphatic heterocycles. The quantitative estimate of drug-likeness (QED) is 0.306. The van der Waals surface area contributed by atoms with Gasteiger partial charge in [-0.3, -0.25) is 9.59 Å². The molecule has 5 nitrogen and oxygen atoms in total. The first-order chi connectivity index (χ1) is 13.8. The first kappa shape index (κ1) is 22.7. The zero-order chi connectivity index (χ0) is 21.4. The standard InChI is InChI=1S/C22H25FO5S/c1-3-5-18-20(9-8-17(14(2)24)22(18)27)28-10-4-11-29-16-7-6-15(12-21(25)26)19(23)13-16/h6-9,13,27H,3-5,10-12H2,1-2H3,(H,25,26). The van der Waals surface area contributed by atoms with E-state index in [4.69, 9.17) is 9.84 Å². The third kappa shape index (κ3) is 6.49. The van der Waals surface area contributed by atoms with Crippen molar-refractivity contribution >= 4 is 23.5 Å². The number of carboxylic acids is 1. The highest BCUT2D eigenvalue weighted by molar-refractivity contribution is 7.99. The molecule has 0 atom stereocenters. The summed E-state index contributed by atoms with van der Waals surface area (Å²) in [4.78, 5) is 23.0. The molecule has 2 aromatic carbocycles. The monoisotopic (exact) mass is 420 g/mol. The first-order valence-electron chi connectivity index (χ1n) is 9.45. The van der Waals surface area contributed by atoms with Gasteiger partial charge in [0.1, 0.15) is 17.3 Å². The summed E-state index contributed by atoms with van der Waals surface area (Å²) < 4.78 is 19.7. The molecule has 29 heavy (non-hydrogen) atoms. The molecule has 0 bridgehead atoms. The number of aliphatic carboxylic acids is 1. The molecular formula is C22H25FO5S. The second kappa shape index (κ2) is 10.9. The molecule has 0 spiro atoms. The molecule has 0 amide bonds. The van der Waals surface area contributed by atoms with Gasteiger partial charge in [0.05, 0.1) is 18.6 Å². The number of ether oxygens (including phenoxy) is 1. The summed E-state index contributed by atoms with van der Waals surface area (Å²) in [5.74, 6) is -0.514. The van der Waals surface area contributed by atoms with E-state index in [1.165, 1.54) is 30.8 Å². The lowest BCUT2D eigenvalue weighted by atomic mass is 10.0. The number of ketones is 1. The minimum absolute atomic E-state index is 0.0110. The second-order valence-corrected chi connectivity index (χ2v) is 7.79. The van der Waals surface area contributed by atoms with Gasteiger partial charge in [-0.25, -0.2) is 4.39 Å². The van der Waals surface area contributed by atoms with Crippen molar-refractivity contribution in [1.29, 1.82) is 0 Å². The number of rotatable bonds is 11. The van der Waals surface area contributed by atoms with Crippen LogP contribution in [0.5, 0.6) is 11.5 Å². The zero-order valence-corrected chi connectivity index (χ0v) is 17.4. The topological polar surface area (TPSA) is 83.8 Å². The Balaban J connectivity index is 1.89. The number of phenols is 1. The lowest BCUT2D eigenvalue weighted by molar-refractivity contribution is -0.136. The molecule has 0 aliphatic carbocycles. The van der Waals surface area contributed by atoms with Gasteiger partial charge in [0.2, 0.25) is 0 Å². The number of thioether (sulfide) groups is 1. The van der Waals surface area contributed by atoms with Gasteiger partial charge in [0.25, 0.3) is 0 Å². The van der Waals surface area contributed by atoms with E-state index in [-0.39, 0.29) is 23.5 Å². The average Bonchev–Trinajstić information content (AvgIpc) is 2.65. The zero-order valence-electron chi connectivity index (χ0n) is 16.5. The number of Topliss-reactive ketones (excluding diaryl/α,β-unsaturated/α-hetero) is 1. The Morgan fingerprint density at radius 1 is 1.21 bits per heavy atom. The van der Waals surface area contributed by atoms with Crippen LogP contribution in [-0.2, 0) is 17.6 Å². The van der Waals surface area contributed by atoms with Crippen LogP contribution in [0, 0.1) is 5.82 Å². The fraction of sp³-hybridized carbons (Fsp3) is 0.364. The number of phenolic OH excluding ortho intramolecular Hbond substituents is 1. The summed E-state index contributed by atoms with van der Waals surface area (Å²) in [5.41, 5.74) is 1.11. The van der Waals surface area contributed by atoms with E-state index in [2.05, 4.69) is 0 Å². The van der Waals surface area contributed by atoms with E-state index in [0.717, 1.165) is 11.3 Å². The van der Waals surface area contributed by atoms with Crippen LogP contribution in [0.1, 0.15) is 48.2 Å². The van der Waals surface area contributed by atoms with Crippen molar-refractivity contribution in [3.8, 4) is 11.5 Å². The SMILES string of the molecule is CCCc1c(OCCCSc2ccc(CC(=O)O)c(F)c2)ccc(C(C)=O)c1O. The highest BCUT2D eigenvalue weighted by Gasteiger charge is 2.15. The Hall–Kier alpha value is -2.54. The lowest BCUT2D eigenvalue weighted by Crippen LogP contribution is -2.04. The number of halogens is 1. The average molecular weight is 421 g/mol. The molecule has 2 rings (SSSR count). The minimum atomic E-state index is -1.06. The maximum absolute atomic E-state index is 13.9. The summed E-state index contributed by atoms with van der Waals surface area (Å²) in [7, 11) is 0. The molecule has 156 valence electrons. The van der Waals surface area contributed by atoms with E-state index in [9.17, 15) is 19.1 Å². The fourth-order valence-corrected chi connectivity index (χ4v) is 3.73. The van der Waals surface area contributed by atoms with Gasteiger partial charge < -0.3 is 14.9 Å². The first-order valence-corrected chi connectivity index (χ1v) is 10.4. The van der Waals surface area contributed by atoms with Crippen LogP contribution in [0.2, 0.25) is 0 Å². The smallest absolute Gasteiger partial charge is 0.307 e. The van der Waals surface area contributed by atoms with Crippen molar-refractivity contribution < 1.29 is 28.9 Å². The van der Waals surface area contributed by atoms with Crippen LogP contribution < -0.4 is 4.74 Å². The largest absolute Gasteiger partial charge is 0.507 e. The Bertz CT molecular complexity index is 882. The maximum Gasteiger partial charge on any atom is 0.307 e. The molecule has 2 N–H and O–H groups in total. The van der Waals surface area contributed by atoms with Crippen molar-refractivity contribution in [2.45, 2.75) is 44.4 Å². The van der Waals surface area contributed by atoms with Crippen LogP contribution in [0.3, 0.4) is 0 Å². The number of hydrogen-bond acceptors (Lipinski definition) is 5. The van der Waals surface area contributed by atoms with Crippen LogP contribution >= 0.6 is 11.8 Å². The van der Waals surface area contributed by atoms with E-state index < -0.39 is 11.8 Å². The van der Waals surface area contributed by atoms with Crippen molar-refractivity contribution in [1.82, 2.24) is 0 Å². The van der Waals surface area contributed by atoms with Crippen LogP contribution in [0.25, 0.3) is 0 Å². The normalized spacial score (nSPS) is 10.7. The molecule has 0 aliphatic rings. The van der Waals surface area contributed by atoms with Crippen molar-refractivity contribution in [3.63, 3.8) is 0 Å². The molecule has 0 fully saturated rings. The summed E-state index contributed by atoms with van der Waals surface area (Å²) in [6.07, 6.45) is 1.79. The van der Waals surface area contributed by atoms with E-state index in [1.54, 1.807) is 18.2 Å². The Morgan fingerprint density at radius 2 is 1.97 bits per heavy atom. The number of carbonyl (C=O) groups is 2. The molecule has 0 aromatic heterocycles. The molecule has 0 heterocycles. The number of benzene rings is 2. The third-order valence-corrected chi connectivity index (χ3v) is 5.38. The van der Waals surface area contributed by atoms with Gasteiger partial charge >= 0.3 is 5.97 Å². The Kier molecular flexibility index (Phi) is 8.51. The second-order valence-electron chi connectivity index (χ2n) is 6.62.